The lowest BCUT2D eigenvalue weighted by Gasteiger charge is -2.10. The second-order valence-corrected chi connectivity index (χ2v) is 3.86. The first-order chi connectivity index (χ1) is 9.21. The van der Waals surface area contributed by atoms with E-state index in [1.54, 1.807) is 32.4 Å². The quantitative estimate of drug-likeness (QED) is 0.797. The predicted octanol–water partition coefficient (Wildman–Crippen LogP) is 0.0790. The van der Waals surface area contributed by atoms with Crippen LogP contribution in [0, 0.1) is 0 Å². The highest BCUT2D eigenvalue weighted by Gasteiger charge is 2.12. The lowest BCUT2D eigenvalue weighted by atomic mass is 10.2. The standard InChI is InChI=1S/C12H16N4O3/c1-18-9-4-3-8(7-10(9)19-2)16-11(5-6-13)14-15-12(16)17/h3-4,7H,5-6,13H2,1-2H3,(H,15,17). The number of rotatable bonds is 5. The summed E-state index contributed by atoms with van der Waals surface area (Å²) in [5.74, 6) is 1.73. The molecule has 0 saturated heterocycles. The molecule has 0 aliphatic rings. The minimum Gasteiger partial charge on any atom is -0.493 e. The number of hydrogen-bond donors (Lipinski definition) is 2. The molecule has 0 fully saturated rings. The van der Waals surface area contributed by atoms with Crippen LogP contribution in [0.3, 0.4) is 0 Å². The third kappa shape index (κ3) is 2.45. The van der Waals surface area contributed by atoms with Crippen molar-refractivity contribution in [1.82, 2.24) is 14.8 Å². The second-order valence-electron chi connectivity index (χ2n) is 3.86. The van der Waals surface area contributed by atoms with Crippen molar-refractivity contribution >= 4 is 0 Å². The predicted molar refractivity (Wildman–Crippen MR) is 70.0 cm³/mol. The molecule has 0 radical (unpaired) electrons. The van der Waals surface area contributed by atoms with Crippen molar-refractivity contribution in [3.63, 3.8) is 0 Å². The molecule has 3 N–H and O–H groups in total. The van der Waals surface area contributed by atoms with Crippen molar-refractivity contribution in [1.29, 1.82) is 0 Å². The van der Waals surface area contributed by atoms with E-state index in [2.05, 4.69) is 10.2 Å². The van der Waals surface area contributed by atoms with Gasteiger partial charge in [-0.25, -0.2) is 14.5 Å². The number of aromatic nitrogens is 3. The fourth-order valence-electron chi connectivity index (χ4n) is 1.86. The topological polar surface area (TPSA) is 95.2 Å². The van der Waals surface area contributed by atoms with Gasteiger partial charge in [0.1, 0.15) is 5.82 Å². The zero-order chi connectivity index (χ0) is 13.8. The summed E-state index contributed by atoms with van der Waals surface area (Å²) in [4.78, 5) is 11.8. The Morgan fingerprint density at radius 3 is 2.68 bits per heavy atom. The molecule has 102 valence electrons. The maximum absolute atomic E-state index is 11.8. The van der Waals surface area contributed by atoms with E-state index in [4.69, 9.17) is 15.2 Å². The number of methoxy groups -OCH3 is 2. The van der Waals surface area contributed by atoms with Gasteiger partial charge < -0.3 is 15.2 Å². The molecule has 1 aromatic heterocycles. The maximum atomic E-state index is 11.8. The van der Waals surface area contributed by atoms with Crippen LogP contribution in [0.2, 0.25) is 0 Å². The van der Waals surface area contributed by atoms with E-state index in [1.165, 1.54) is 4.57 Å². The Balaban J connectivity index is 2.53. The van der Waals surface area contributed by atoms with Crippen molar-refractivity contribution in [3.05, 3.63) is 34.5 Å². The van der Waals surface area contributed by atoms with Gasteiger partial charge in [0.2, 0.25) is 0 Å². The molecule has 7 heteroatoms. The van der Waals surface area contributed by atoms with Crippen LogP contribution in [0.5, 0.6) is 11.5 Å². The molecule has 7 nitrogen and oxygen atoms in total. The third-order valence-corrected chi connectivity index (χ3v) is 2.74. The van der Waals surface area contributed by atoms with Crippen molar-refractivity contribution in [2.75, 3.05) is 20.8 Å². The lowest BCUT2D eigenvalue weighted by molar-refractivity contribution is 0.355. The van der Waals surface area contributed by atoms with E-state index in [0.29, 0.717) is 36.0 Å². The minimum atomic E-state index is -0.310. The van der Waals surface area contributed by atoms with Gasteiger partial charge in [-0.2, -0.15) is 5.10 Å². The van der Waals surface area contributed by atoms with Gasteiger partial charge >= 0.3 is 5.69 Å². The van der Waals surface area contributed by atoms with Gasteiger partial charge in [-0.05, 0) is 18.7 Å². The highest BCUT2D eigenvalue weighted by atomic mass is 16.5. The van der Waals surface area contributed by atoms with E-state index < -0.39 is 0 Å². The molecule has 2 rings (SSSR count). The number of aromatic amines is 1. The van der Waals surface area contributed by atoms with Crippen molar-refractivity contribution in [2.45, 2.75) is 6.42 Å². The second kappa shape index (κ2) is 5.57. The monoisotopic (exact) mass is 264 g/mol. The van der Waals surface area contributed by atoms with Gasteiger partial charge in [-0.3, -0.25) is 0 Å². The Morgan fingerprint density at radius 2 is 2.05 bits per heavy atom. The molecule has 2 aromatic rings. The largest absolute Gasteiger partial charge is 0.493 e. The van der Waals surface area contributed by atoms with Crippen molar-refractivity contribution in [3.8, 4) is 17.2 Å². The van der Waals surface area contributed by atoms with E-state index in [0.717, 1.165) is 0 Å². The van der Waals surface area contributed by atoms with Crippen LogP contribution >= 0.6 is 0 Å². The van der Waals surface area contributed by atoms with Crippen LogP contribution in [0.25, 0.3) is 5.69 Å². The minimum absolute atomic E-state index is 0.310. The van der Waals surface area contributed by atoms with E-state index >= 15 is 0 Å². The molecule has 19 heavy (non-hydrogen) atoms. The van der Waals surface area contributed by atoms with Gasteiger partial charge in [0.05, 0.1) is 19.9 Å². The summed E-state index contributed by atoms with van der Waals surface area (Å²) in [5.41, 5.74) is 5.85. The summed E-state index contributed by atoms with van der Waals surface area (Å²) in [6, 6.07) is 5.22. The molecule has 1 aromatic carbocycles. The Labute approximate surface area is 110 Å². The summed E-state index contributed by atoms with van der Waals surface area (Å²) >= 11 is 0. The normalized spacial score (nSPS) is 10.5. The number of nitrogens with zero attached hydrogens (tertiary/aromatic N) is 2. The van der Waals surface area contributed by atoms with Crippen molar-refractivity contribution in [2.24, 2.45) is 5.73 Å². The average Bonchev–Trinajstić information content (AvgIpc) is 2.79. The molecular weight excluding hydrogens is 248 g/mol. The van der Waals surface area contributed by atoms with Crippen LogP contribution in [0.4, 0.5) is 0 Å². The Hall–Kier alpha value is -2.28. The van der Waals surface area contributed by atoms with E-state index in [9.17, 15) is 4.79 Å². The molecule has 0 saturated carbocycles. The zero-order valence-corrected chi connectivity index (χ0v) is 10.8. The summed E-state index contributed by atoms with van der Waals surface area (Å²) in [5, 5.41) is 6.37. The lowest BCUT2D eigenvalue weighted by Crippen LogP contribution is -2.18. The smallest absolute Gasteiger partial charge is 0.347 e. The first-order valence-corrected chi connectivity index (χ1v) is 5.80. The zero-order valence-electron chi connectivity index (χ0n) is 10.8. The van der Waals surface area contributed by atoms with Crippen LogP contribution in [0.15, 0.2) is 23.0 Å². The SMILES string of the molecule is COc1ccc(-n2c(CCN)n[nH]c2=O)cc1OC. The van der Waals surface area contributed by atoms with Gasteiger partial charge in [-0.1, -0.05) is 0 Å². The highest BCUT2D eigenvalue weighted by Crippen LogP contribution is 2.28. The molecule has 0 amide bonds. The van der Waals surface area contributed by atoms with Gasteiger partial charge in [0, 0.05) is 12.5 Å². The van der Waals surface area contributed by atoms with Crippen LogP contribution in [-0.4, -0.2) is 35.5 Å². The van der Waals surface area contributed by atoms with Crippen LogP contribution < -0.4 is 20.9 Å². The highest BCUT2D eigenvalue weighted by molar-refractivity contribution is 5.49. The first kappa shape index (κ1) is 13.2. The summed E-state index contributed by atoms with van der Waals surface area (Å²) in [7, 11) is 3.10. The van der Waals surface area contributed by atoms with Gasteiger partial charge in [-0.15, -0.1) is 0 Å². The number of benzene rings is 1. The molecular formula is C12H16N4O3. The number of ether oxygens (including phenoxy) is 2. The van der Waals surface area contributed by atoms with Crippen molar-refractivity contribution < 1.29 is 9.47 Å². The van der Waals surface area contributed by atoms with E-state index in [1.807, 2.05) is 0 Å². The molecule has 0 unspecified atom stereocenters. The Morgan fingerprint density at radius 1 is 1.32 bits per heavy atom. The number of H-pyrrole nitrogens is 1. The fraction of sp³-hybridized carbons (Fsp3) is 0.333. The molecule has 0 atom stereocenters. The van der Waals surface area contributed by atoms with Gasteiger partial charge in [0.15, 0.2) is 11.5 Å². The number of nitrogens with two attached hydrogens (primary N) is 1. The maximum Gasteiger partial charge on any atom is 0.347 e. The summed E-state index contributed by atoms with van der Waals surface area (Å²) < 4.78 is 11.8. The summed E-state index contributed by atoms with van der Waals surface area (Å²) in [6.07, 6.45) is 0.507. The summed E-state index contributed by atoms with van der Waals surface area (Å²) in [6.45, 7) is 0.414. The van der Waals surface area contributed by atoms with Crippen LogP contribution in [0.1, 0.15) is 5.82 Å². The first-order valence-electron chi connectivity index (χ1n) is 5.80. The van der Waals surface area contributed by atoms with Gasteiger partial charge in [0.25, 0.3) is 0 Å². The number of hydrogen-bond acceptors (Lipinski definition) is 5. The van der Waals surface area contributed by atoms with E-state index in [-0.39, 0.29) is 5.69 Å². The fourth-order valence-corrected chi connectivity index (χ4v) is 1.86. The Kier molecular flexibility index (Phi) is 3.86. The Bertz CT molecular complexity index is 618. The van der Waals surface area contributed by atoms with Crippen LogP contribution in [-0.2, 0) is 6.42 Å². The molecule has 0 aliphatic carbocycles. The average molecular weight is 264 g/mol. The third-order valence-electron chi connectivity index (χ3n) is 2.74. The molecule has 0 bridgehead atoms. The molecule has 0 aliphatic heterocycles. The molecule has 0 spiro atoms. The molecule has 1 heterocycles. The number of nitrogens with one attached hydrogen (secondary N) is 1.